The van der Waals surface area contributed by atoms with Crippen LogP contribution in [-0.2, 0) is 6.61 Å². The molecule has 0 unspecified atom stereocenters. The van der Waals surface area contributed by atoms with Crippen LogP contribution in [0, 0.1) is 0 Å². The van der Waals surface area contributed by atoms with Gasteiger partial charge in [-0.3, -0.25) is 0 Å². The zero-order chi connectivity index (χ0) is 18.7. The zero-order valence-electron chi connectivity index (χ0n) is 13.4. The van der Waals surface area contributed by atoms with Gasteiger partial charge in [0.05, 0.1) is 0 Å². The van der Waals surface area contributed by atoms with Gasteiger partial charge in [-0.15, -0.1) is 0 Å². The van der Waals surface area contributed by atoms with Crippen LogP contribution in [0.1, 0.15) is 15.9 Å². The number of hydrogen-bond acceptors (Lipinski definition) is 3. The predicted octanol–water partition coefficient (Wildman–Crippen LogP) is 5.64. The van der Waals surface area contributed by atoms with Crippen molar-refractivity contribution in [3.8, 4) is 22.6 Å². The Morgan fingerprint density at radius 1 is 0.923 bits per heavy atom. The molecule has 3 aromatic rings. The molecule has 4 nitrogen and oxygen atoms in total. The number of aromatic hydroxyl groups is 1. The molecule has 0 aromatic heterocycles. The molecule has 0 bridgehead atoms. The third-order valence-electron chi connectivity index (χ3n) is 3.73. The lowest BCUT2D eigenvalue weighted by atomic mass is 10.0. The fourth-order valence-electron chi connectivity index (χ4n) is 2.51. The second kappa shape index (κ2) is 7.68. The van der Waals surface area contributed by atoms with Crippen LogP contribution >= 0.6 is 23.2 Å². The normalized spacial score (nSPS) is 10.5. The minimum absolute atomic E-state index is 0.169. The first kappa shape index (κ1) is 18.1. The van der Waals surface area contributed by atoms with Crippen molar-refractivity contribution in [2.75, 3.05) is 0 Å². The molecule has 0 fully saturated rings. The molecule has 0 radical (unpaired) electrons. The lowest BCUT2D eigenvalue weighted by molar-refractivity contribution is 0.0693. The van der Waals surface area contributed by atoms with Crippen LogP contribution in [0.25, 0.3) is 11.1 Å². The minimum atomic E-state index is -1.19. The van der Waals surface area contributed by atoms with Gasteiger partial charge in [-0.05, 0) is 53.1 Å². The maximum atomic E-state index is 10.9. The smallest absolute Gasteiger partial charge is 0.339 e. The number of hydrogen-bond donors (Lipinski definition) is 2. The summed E-state index contributed by atoms with van der Waals surface area (Å²) in [6.45, 7) is 0.258. The third-order valence-corrected chi connectivity index (χ3v) is 4.16. The van der Waals surface area contributed by atoms with Gasteiger partial charge in [-0.1, -0.05) is 41.4 Å². The highest BCUT2D eigenvalue weighted by Gasteiger charge is 2.10. The van der Waals surface area contributed by atoms with E-state index in [-0.39, 0.29) is 17.9 Å². The molecule has 0 saturated carbocycles. The van der Waals surface area contributed by atoms with E-state index in [1.54, 1.807) is 6.07 Å². The third kappa shape index (κ3) is 4.28. The molecule has 0 atom stereocenters. The van der Waals surface area contributed by atoms with Crippen molar-refractivity contribution in [3.05, 3.63) is 81.8 Å². The van der Waals surface area contributed by atoms with E-state index in [0.29, 0.717) is 15.8 Å². The van der Waals surface area contributed by atoms with E-state index in [0.717, 1.165) is 16.7 Å². The van der Waals surface area contributed by atoms with Crippen LogP contribution in [0.15, 0.2) is 60.7 Å². The molecule has 0 heterocycles. The van der Waals surface area contributed by atoms with Crippen molar-refractivity contribution in [1.82, 2.24) is 0 Å². The molecule has 26 heavy (non-hydrogen) atoms. The van der Waals surface area contributed by atoms with E-state index in [1.807, 2.05) is 36.4 Å². The number of carboxylic acids is 1. The first-order chi connectivity index (χ1) is 12.4. The van der Waals surface area contributed by atoms with E-state index in [4.69, 9.17) is 33.0 Å². The fourth-order valence-corrected chi connectivity index (χ4v) is 3.04. The number of halogens is 2. The Morgan fingerprint density at radius 3 is 2.31 bits per heavy atom. The van der Waals surface area contributed by atoms with Crippen molar-refractivity contribution in [2.24, 2.45) is 0 Å². The van der Waals surface area contributed by atoms with Gasteiger partial charge in [0, 0.05) is 16.1 Å². The van der Waals surface area contributed by atoms with Crippen LogP contribution in [0.5, 0.6) is 11.5 Å². The van der Waals surface area contributed by atoms with E-state index >= 15 is 0 Å². The molecule has 0 saturated heterocycles. The quantitative estimate of drug-likeness (QED) is 0.592. The Morgan fingerprint density at radius 2 is 1.65 bits per heavy atom. The van der Waals surface area contributed by atoms with Crippen LogP contribution in [0.4, 0.5) is 0 Å². The van der Waals surface area contributed by atoms with Crippen molar-refractivity contribution in [2.45, 2.75) is 6.61 Å². The standard InChI is InChI=1S/C20H14Cl2O4/c21-15-7-14(8-16(22)9-15)13-3-1-2-12(6-13)11-26-17-4-5-18(20(24)25)19(23)10-17/h1-10,23H,11H2,(H,24,25). The Balaban J connectivity index is 1.77. The Hall–Kier alpha value is -2.69. The Labute approximate surface area is 160 Å². The number of phenols is 1. The van der Waals surface area contributed by atoms with Gasteiger partial charge in [0.1, 0.15) is 23.7 Å². The average Bonchev–Trinajstić information content (AvgIpc) is 2.59. The number of carbonyl (C=O) groups is 1. The second-order valence-corrected chi connectivity index (χ2v) is 6.50. The highest BCUT2D eigenvalue weighted by Crippen LogP contribution is 2.28. The molecule has 0 aliphatic rings. The van der Waals surface area contributed by atoms with Gasteiger partial charge in [-0.2, -0.15) is 0 Å². The maximum Gasteiger partial charge on any atom is 0.339 e. The highest BCUT2D eigenvalue weighted by atomic mass is 35.5. The van der Waals surface area contributed by atoms with Crippen molar-refractivity contribution >= 4 is 29.2 Å². The lowest BCUT2D eigenvalue weighted by Crippen LogP contribution is -1.99. The summed E-state index contributed by atoms with van der Waals surface area (Å²) in [5.74, 6) is -1.15. The molecule has 0 spiro atoms. The molecule has 0 aliphatic carbocycles. The molecule has 3 aromatic carbocycles. The summed E-state index contributed by atoms with van der Waals surface area (Å²) < 4.78 is 5.64. The SMILES string of the molecule is O=C(O)c1ccc(OCc2cccc(-c3cc(Cl)cc(Cl)c3)c2)cc1O. The second-order valence-electron chi connectivity index (χ2n) is 5.63. The summed E-state index contributed by atoms with van der Waals surface area (Å²) in [6, 6.07) is 17.1. The molecular weight excluding hydrogens is 375 g/mol. The van der Waals surface area contributed by atoms with E-state index in [2.05, 4.69) is 0 Å². The van der Waals surface area contributed by atoms with E-state index in [9.17, 15) is 9.90 Å². The first-order valence-electron chi connectivity index (χ1n) is 7.67. The lowest BCUT2D eigenvalue weighted by Gasteiger charge is -2.10. The summed E-state index contributed by atoms with van der Waals surface area (Å²) >= 11 is 12.1. The van der Waals surface area contributed by atoms with Crippen molar-refractivity contribution < 1.29 is 19.7 Å². The number of rotatable bonds is 5. The summed E-state index contributed by atoms with van der Waals surface area (Å²) in [5.41, 5.74) is 2.57. The highest BCUT2D eigenvalue weighted by molar-refractivity contribution is 6.35. The van der Waals surface area contributed by atoms with Gasteiger partial charge in [0.2, 0.25) is 0 Å². The summed E-state index contributed by atoms with van der Waals surface area (Å²) in [4.78, 5) is 10.9. The van der Waals surface area contributed by atoms with Gasteiger partial charge in [-0.25, -0.2) is 4.79 Å². The van der Waals surface area contributed by atoms with Crippen LogP contribution in [-0.4, -0.2) is 16.2 Å². The number of ether oxygens (including phenoxy) is 1. The number of carboxylic acid groups (broad SMARTS) is 1. The average molecular weight is 389 g/mol. The van der Waals surface area contributed by atoms with Gasteiger partial charge < -0.3 is 14.9 Å². The number of benzene rings is 3. The summed E-state index contributed by atoms with van der Waals surface area (Å²) in [7, 11) is 0. The largest absolute Gasteiger partial charge is 0.507 e. The molecular formula is C20H14Cl2O4. The molecule has 0 amide bonds. The van der Waals surface area contributed by atoms with E-state index in [1.165, 1.54) is 18.2 Å². The van der Waals surface area contributed by atoms with Crippen molar-refractivity contribution in [1.29, 1.82) is 0 Å². The van der Waals surface area contributed by atoms with Gasteiger partial charge in [0.25, 0.3) is 0 Å². The number of aromatic carboxylic acids is 1. The Bertz CT molecular complexity index is 950. The molecule has 0 aliphatic heterocycles. The van der Waals surface area contributed by atoms with E-state index < -0.39 is 5.97 Å². The first-order valence-corrected chi connectivity index (χ1v) is 8.42. The minimum Gasteiger partial charge on any atom is -0.507 e. The topological polar surface area (TPSA) is 66.8 Å². The monoisotopic (exact) mass is 388 g/mol. The Kier molecular flexibility index (Phi) is 5.35. The van der Waals surface area contributed by atoms with Crippen LogP contribution < -0.4 is 4.74 Å². The fraction of sp³-hybridized carbons (Fsp3) is 0.0500. The molecule has 3 rings (SSSR count). The summed E-state index contributed by atoms with van der Waals surface area (Å²) in [6.07, 6.45) is 0. The van der Waals surface area contributed by atoms with Gasteiger partial charge in [0.15, 0.2) is 0 Å². The molecule has 2 N–H and O–H groups in total. The summed E-state index contributed by atoms with van der Waals surface area (Å²) in [5, 5.41) is 19.8. The van der Waals surface area contributed by atoms with Crippen LogP contribution in [0.3, 0.4) is 0 Å². The van der Waals surface area contributed by atoms with Gasteiger partial charge >= 0.3 is 5.97 Å². The maximum absolute atomic E-state index is 10.9. The van der Waals surface area contributed by atoms with Crippen LogP contribution in [0.2, 0.25) is 10.0 Å². The predicted molar refractivity (Wildman–Crippen MR) is 101 cm³/mol. The zero-order valence-corrected chi connectivity index (χ0v) is 15.0. The van der Waals surface area contributed by atoms with Crippen molar-refractivity contribution in [3.63, 3.8) is 0 Å². The molecule has 132 valence electrons. The molecule has 6 heteroatoms.